The van der Waals surface area contributed by atoms with E-state index in [0.717, 1.165) is 24.2 Å². The molecule has 1 unspecified atom stereocenters. The molecule has 0 radical (unpaired) electrons. The van der Waals surface area contributed by atoms with E-state index in [1.54, 1.807) is 12.1 Å². The number of phenols is 1. The average molecular weight is 542 g/mol. The Bertz CT molecular complexity index is 1220. The fourth-order valence-corrected chi connectivity index (χ4v) is 5.72. The van der Waals surface area contributed by atoms with Crippen LogP contribution in [-0.4, -0.2) is 83.2 Å². The molecule has 2 aromatic rings. The number of rotatable bonds is 10. The molecule has 11 nitrogen and oxygen atoms in total. The Labute approximate surface area is 227 Å². The second-order valence-electron chi connectivity index (χ2n) is 10.3. The minimum atomic E-state index is -0.583. The summed E-state index contributed by atoms with van der Waals surface area (Å²) in [6.45, 7) is 2.46. The minimum Gasteiger partial charge on any atom is -0.502 e. The fraction of sp³-hybridized carbons (Fsp3) is 0.500. The number of hydrogen-bond acceptors (Lipinski definition) is 10. The van der Waals surface area contributed by atoms with E-state index in [2.05, 4.69) is 15.5 Å². The lowest BCUT2D eigenvalue weighted by Gasteiger charge is -2.39. The van der Waals surface area contributed by atoms with Crippen LogP contribution in [0.15, 0.2) is 24.3 Å². The number of methoxy groups -OCH3 is 2. The summed E-state index contributed by atoms with van der Waals surface area (Å²) in [4.78, 5) is 28.4. The molecule has 11 heteroatoms. The molecule has 2 aromatic carbocycles. The second-order valence-corrected chi connectivity index (χ2v) is 10.3. The molecule has 4 atom stereocenters. The Hall–Kier alpha value is -3.70. The second kappa shape index (κ2) is 11.2. The Balaban J connectivity index is 1.52. The predicted octanol–water partition coefficient (Wildman–Crippen LogP) is 1.77. The van der Waals surface area contributed by atoms with Gasteiger partial charge in [0.2, 0.25) is 18.4 Å². The highest BCUT2D eigenvalue weighted by Crippen LogP contribution is 2.55. The molecule has 0 aromatic heterocycles. The lowest BCUT2D eigenvalue weighted by Crippen LogP contribution is -2.43. The maximum absolute atomic E-state index is 13.2. The van der Waals surface area contributed by atoms with Crippen LogP contribution in [0.25, 0.3) is 0 Å². The molecule has 1 aliphatic carbocycles. The molecule has 1 fully saturated rings. The quantitative estimate of drug-likeness (QED) is 0.303. The Morgan fingerprint density at radius 2 is 1.69 bits per heavy atom. The van der Waals surface area contributed by atoms with Gasteiger partial charge in [-0.3, -0.25) is 9.59 Å². The van der Waals surface area contributed by atoms with Gasteiger partial charge >= 0.3 is 5.97 Å². The Kier molecular flexibility index (Phi) is 7.72. The standard InChI is InChI=1S/C28H35N3O8/c1-31(2)8-7-29-6-5-23(32)30-26-17-12-20-19(38-14-39-20)11-16(17)24(25-18(26)13-37-28(25)34)15-9-21(35-3)27(33)22(10-15)36-4/h9-12,18,24-26,29,33H,5-8,13-14H2,1-4H3,(H,30,32)/t18-,24?,25-,26+/m0/s1. The van der Waals surface area contributed by atoms with E-state index >= 15 is 0 Å². The van der Waals surface area contributed by atoms with Gasteiger partial charge in [0.15, 0.2) is 23.0 Å². The van der Waals surface area contributed by atoms with Crippen LogP contribution in [0.4, 0.5) is 0 Å². The average Bonchev–Trinajstić information content (AvgIpc) is 3.54. The van der Waals surface area contributed by atoms with Gasteiger partial charge in [0, 0.05) is 37.9 Å². The third kappa shape index (κ3) is 5.16. The van der Waals surface area contributed by atoms with E-state index in [1.807, 2.05) is 26.2 Å². The van der Waals surface area contributed by atoms with E-state index in [1.165, 1.54) is 14.2 Å². The summed E-state index contributed by atoms with van der Waals surface area (Å²) in [7, 11) is 6.91. The van der Waals surface area contributed by atoms with Crippen LogP contribution in [0.1, 0.15) is 35.1 Å². The van der Waals surface area contributed by atoms with Gasteiger partial charge in [-0.25, -0.2) is 0 Å². The van der Waals surface area contributed by atoms with Gasteiger partial charge in [-0.15, -0.1) is 0 Å². The molecule has 0 bridgehead atoms. The van der Waals surface area contributed by atoms with E-state index < -0.39 is 17.9 Å². The van der Waals surface area contributed by atoms with Crippen LogP contribution in [0.2, 0.25) is 0 Å². The maximum Gasteiger partial charge on any atom is 0.310 e. The van der Waals surface area contributed by atoms with Gasteiger partial charge in [0.25, 0.3) is 0 Å². The molecule has 2 aliphatic heterocycles. The van der Waals surface area contributed by atoms with Crippen molar-refractivity contribution in [3.8, 4) is 28.7 Å². The highest BCUT2D eigenvalue weighted by molar-refractivity contribution is 5.81. The summed E-state index contributed by atoms with van der Waals surface area (Å²) >= 11 is 0. The predicted molar refractivity (Wildman–Crippen MR) is 140 cm³/mol. The molecule has 1 saturated heterocycles. The summed E-state index contributed by atoms with van der Waals surface area (Å²) in [5, 5.41) is 17.0. The maximum atomic E-state index is 13.2. The van der Waals surface area contributed by atoms with Gasteiger partial charge in [-0.2, -0.15) is 0 Å². The molecule has 210 valence electrons. The number of cyclic esters (lactones) is 1. The number of amides is 1. The first kappa shape index (κ1) is 26.9. The zero-order chi connectivity index (χ0) is 27.7. The number of carbonyl (C=O) groups excluding carboxylic acids is 2. The van der Waals surface area contributed by atoms with Crippen molar-refractivity contribution < 1.29 is 38.4 Å². The summed E-state index contributed by atoms with van der Waals surface area (Å²) in [5.41, 5.74) is 2.36. The Morgan fingerprint density at radius 1 is 1.03 bits per heavy atom. The molecule has 3 N–H and O–H groups in total. The van der Waals surface area contributed by atoms with Crippen LogP contribution >= 0.6 is 0 Å². The summed E-state index contributed by atoms with van der Waals surface area (Å²) < 4.78 is 27.7. The van der Waals surface area contributed by atoms with E-state index in [9.17, 15) is 14.7 Å². The number of nitrogens with one attached hydrogen (secondary N) is 2. The molecule has 0 spiro atoms. The highest BCUT2D eigenvalue weighted by Gasteiger charge is 2.53. The smallest absolute Gasteiger partial charge is 0.310 e. The van der Waals surface area contributed by atoms with E-state index in [0.29, 0.717) is 30.0 Å². The third-order valence-electron chi connectivity index (χ3n) is 7.63. The van der Waals surface area contributed by atoms with Crippen molar-refractivity contribution in [3.63, 3.8) is 0 Å². The molecule has 1 amide bonds. The number of ether oxygens (including phenoxy) is 5. The van der Waals surface area contributed by atoms with Crippen LogP contribution in [0.3, 0.4) is 0 Å². The zero-order valence-corrected chi connectivity index (χ0v) is 22.6. The van der Waals surface area contributed by atoms with Crippen molar-refractivity contribution in [3.05, 3.63) is 41.0 Å². The number of hydrogen-bond donors (Lipinski definition) is 3. The number of fused-ring (bicyclic) bond motifs is 3. The van der Waals surface area contributed by atoms with Crippen molar-refractivity contribution in [1.82, 2.24) is 15.5 Å². The highest BCUT2D eigenvalue weighted by atomic mass is 16.7. The first-order valence-corrected chi connectivity index (χ1v) is 13.0. The normalized spacial score (nSPS) is 22.7. The van der Waals surface area contributed by atoms with Crippen molar-refractivity contribution in [1.29, 1.82) is 0 Å². The molecular weight excluding hydrogens is 506 g/mol. The monoisotopic (exact) mass is 541 g/mol. The van der Waals surface area contributed by atoms with Gasteiger partial charge in [0.05, 0.1) is 32.8 Å². The van der Waals surface area contributed by atoms with Crippen LogP contribution in [0, 0.1) is 11.8 Å². The summed E-state index contributed by atoms with van der Waals surface area (Å²) in [6.07, 6.45) is 0.297. The number of esters is 1. The van der Waals surface area contributed by atoms with Crippen LogP contribution < -0.4 is 29.6 Å². The van der Waals surface area contributed by atoms with Crippen molar-refractivity contribution in [2.45, 2.75) is 18.4 Å². The first-order valence-electron chi connectivity index (χ1n) is 13.0. The molecule has 2 heterocycles. The summed E-state index contributed by atoms with van der Waals surface area (Å²) in [5.74, 6) is -0.336. The largest absolute Gasteiger partial charge is 0.502 e. The number of carbonyl (C=O) groups is 2. The van der Waals surface area contributed by atoms with E-state index in [4.69, 9.17) is 23.7 Å². The Morgan fingerprint density at radius 3 is 2.33 bits per heavy atom. The van der Waals surface area contributed by atoms with Crippen molar-refractivity contribution in [2.24, 2.45) is 11.8 Å². The number of likely N-dealkylation sites (N-methyl/N-ethyl adjacent to an activating group) is 1. The lowest BCUT2D eigenvalue weighted by molar-refractivity contribution is -0.141. The lowest BCUT2D eigenvalue weighted by atomic mass is 9.65. The van der Waals surface area contributed by atoms with Crippen molar-refractivity contribution in [2.75, 3.05) is 61.3 Å². The van der Waals surface area contributed by atoms with Gasteiger partial charge in [0.1, 0.15) is 0 Å². The first-order chi connectivity index (χ1) is 18.8. The topological polar surface area (TPSA) is 128 Å². The van der Waals surface area contributed by atoms with Gasteiger partial charge in [-0.05, 0) is 55.1 Å². The molecule has 0 saturated carbocycles. The van der Waals surface area contributed by atoms with Crippen LogP contribution in [-0.2, 0) is 14.3 Å². The molecular formula is C28H35N3O8. The third-order valence-corrected chi connectivity index (χ3v) is 7.63. The zero-order valence-electron chi connectivity index (χ0n) is 22.6. The van der Waals surface area contributed by atoms with Crippen molar-refractivity contribution >= 4 is 11.9 Å². The van der Waals surface area contributed by atoms with Crippen LogP contribution in [0.5, 0.6) is 28.7 Å². The number of phenolic OH excluding ortho intramolecular Hbond substituents is 1. The minimum absolute atomic E-state index is 0.0916. The number of benzene rings is 2. The number of nitrogens with zero attached hydrogens (tertiary/aromatic N) is 1. The fourth-order valence-electron chi connectivity index (χ4n) is 5.72. The SMILES string of the molecule is COc1cc(C2c3cc4c(cc3[C@@H](NC(=O)CCNCCN(C)C)[C@H]3COC(=O)[C@H]23)OCO4)cc(OC)c1O. The molecule has 39 heavy (non-hydrogen) atoms. The molecule has 5 rings (SSSR count). The van der Waals surface area contributed by atoms with Gasteiger partial charge < -0.3 is 44.3 Å². The van der Waals surface area contributed by atoms with E-state index in [-0.39, 0.29) is 48.4 Å². The van der Waals surface area contributed by atoms with Gasteiger partial charge in [-0.1, -0.05) is 0 Å². The summed E-state index contributed by atoms with van der Waals surface area (Å²) in [6, 6.07) is 6.71. The molecule has 3 aliphatic rings. The number of aromatic hydroxyl groups is 1.